The number of fused-ring (bicyclic) bond motifs is 1. The first kappa shape index (κ1) is 20.3. The minimum atomic E-state index is -4.64. The third kappa shape index (κ3) is 4.01. The normalized spacial score (nSPS) is 12.3. The van der Waals surface area contributed by atoms with E-state index in [0.29, 0.717) is 22.2 Å². The second-order valence-corrected chi connectivity index (χ2v) is 9.17. The molecule has 5 nitrogen and oxygen atoms in total. The van der Waals surface area contributed by atoms with E-state index in [4.69, 9.17) is 0 Å². The number of sulfonamides is 1. The highest BCUT2D eigenvalue weighted by Gasteiger charge is 2.31. The van der Waals surface area contributed by atoms with E-state index in [0.717, 1.165) is 28.5 Å². The number of thiazole rings is 1. The first-order valence-electron chi connectivity index (χ1n) is 8.66. The summed E-state index contributed by atoms with van der Waals surface area (Å²) in [6, 6.07) is 12.4. The molecule has 1 N–H and O–H groups in total. The average Bonchev–Trinajstić information content (AvgIpc) is 3.13. The second kappa shape index (κ2) is 7.37. The van der Waals surface area contributed by atoms with Gasteiger partial charge in [0.25, 0.3) is 10.0 Å². The Labute approximate surface area is 174 Å². The van der Waals surface area contributed by atoms with Gasteiger partial charge < -0.3 is 0 Å². The average molecular weight is 449 g/mol. The van der Waals surface area contributed by atoms with Crippen LogP contribution in [-0.4, -0.2) is 18.4 Å². The van der Waals surface area contributed by atoms with Crippen molar-refractivity contribution in [3.05, 3.63) is 71.9 Å². The highest BCUT2D eigenvalue weighted by molar-refractivity contribution is 7.92. The van der Waals surface area contributed by atoms with E-state index in [1.165, 1.54) is 11.3 Å². The largest absolute Gasteiger partial charge is 0.416 e. The third-order valence-corrected chi connectivity index (χ3v) is 6.76. The lowest BCUT2D eigenvalue weighted by atomic mass is 10.1. The third-order valence-electron chi connectivity index (χ3n) is 4.37. The molecule has 2 aromatic carbocycles. The number of aryl methyl sites for hydroxylation is 1. The minimum absolute atomic E-state index is 0.261. The molecule has 0 amide bonds. The summed E-state index contributed by atoms with van der Waals surface area (Å²) in [5, 5.41) is 0.656. The molecular formula is C20H14F3N3O2S2. The van der Waals surface area contributed by atoms with E-state index in [1.807, 2.05) is 6.07 Å². The zero-order chi connectivity index (χ0) is 21.5. The summed E-state index contributed by atoms with van der Waals surface area (Å²) >= 11 is 1.36. The van der Waals surface area contributed by atoms with Gasteiger partial charge >= 0.3 is 6.18 Å². The fourth-order valence-corrected chi connectivity index (χ4v) is 4.87. The van der Waals surface area contributed by atoms with E-state index in [1.54, 1.807) is 37.4 Å². The van der Waals surface area contributed by atoms with Crippen molar-refractivity contribution in [3.63, 3.8) is 0 Å². The van der Waals surface area contributed by atoms with E-state index in [2.05, 4.69) is 14.7 Å². The first-order valence-corrected chi connectivity index (χ1v) is 11.0. The fourth-order valence-electron chi connectivity index (χ4n) is 2.80. The second-order valence-electron chi connectivity index (χ2n) is 6.51. The number of benzene rings is 2. The maximum atomic E-state index is 12.9. The zero-order valence-corrected chi connectivity index (χ0v) is 17.1. The summed E-state index contributed by atoms with van der Waals surface area (Å²) in [4.78, 5) is 9.03. The molecule has 0 bridgehead atoms. The lowest BCUT2D eigenvalue weighted by Crippen LogP contribution is -2.15. The molecule has 0 aliphatic heterocycles. The van der Waals surface area contributed by atoms with Crippen LogP contribution in [0.4, 0.5) is 18.9 Å². The van der Waals surface area contributed by atoms with E-state index in [9.17, 15) is 21.6 Å². The Morgan fingerprint density at radius 2 is 1.83 bits per heavy atom. The van der Waals surface area contributed by atoms with Crippen molar-refractivity contribution >= 4 is 37.4 Å². The quantitative estimate of drug-likeness (QED) is 0.447. The Hall–Kier alpha value is -2.98. The Kier molecular flexibility index (Phi) is 4.99. The van der Waals surface area contributed by atoms with Crippen molar-refractivity contribution in [1.29, 1.82) is 0 Å². The Balaban J connectivity index is 1.70. The lowest BCUT2D eigenvalue weighted by molar-refractivity contribution is -0.137. The maximum Gasteiger partial charge on any atom is 0.416 e. The minimum Gasteiger partial charge on any atom is -0.279 e. The van der Waals surface area contributed by atoms with Crippen LogP contribution in [0.15, 0.2) is 65.7 Å². The fraction of sp³-hybridized carbons (Fsp3) is 0.100. The van der Waals surface area contributed by atoms with Crippen LogP contribution in [0.25, 0.3) is 20.9 Å². The zero-order valence-electron chi connectivity index (χ0n) is 15.4. The van der Waals surface area contributed by atoms with Crippen LogP contribution in [-0.2, 0) is 16.2 Å². The number of halogens is 3. The molecule has 2 aromatic heterocycles. The maximum absolute atomic E-state index is 12.9. The number of hydrogen-bond donors (Lipinski definition) is 1. The van der Waals surface area contributed by atoms with Crippen molar-refractivity contribution in [2.75, 3.05) is 4.72 Å². The van der Waals surface area contributed by atoms with Gasteiger partial charge in [-0.3, -0.25) is 4.72 Å². The highest BCUT2D eigenvalue weighted by atomic mass is 32.2. The first-order chi connectivity index (χ1) is 14.1. The Morgan fingerprint density at radius 1 is 1.03 bits per heavy atom. The Bertz CT molecular complexity index is 1320. The molecule has 0 aliphatic rings. The predicted molar refractivity (Wildman–Crippen MR) is 110 cm³/mol. The van der Waals surface area contributed by atoms with Gasteiger partial charge in [0.1, 0.15) is 15.4 Å². The van der Waals surface area contributed by atoms with Gasteiger partial charge in [-0.05, 0) is 48.9 Å². The van der Waals surface area contributed by atoms with E-state index < -0.39 is 26.7 Å². The lowest BCUT2D eigenvalue weighted by Gasteiger charge is -2.13. The van der Waals surface area contributed by atoms with Crippen LogP contribution in [0.1, 0.15) is 11.1 Å². The van der Waals surface area contributed by atoms with Gasteiger partial charge in [-0.2, -0.15) is 13.2 Å². The number of alkyl halides is 3. The summed E-state index contributed by atoms with van der Waals surface area (Å²) in [5.74, 6) is 0. The summed E-state index contributed by atoms with van der Waals surface area (Å²) < 4.78 is 66.7. The number of anilines is 1. The molecule has 0 spiro atoms. The monoisotopic (exact) mass is 449 g/mol. The number of hydrogen-bond acceptors (Lipinski definition) is 5. The van der Waals surface area contributed by atoms with Crippen LogP contribution in [0, 0.1) is 6.92 Å². The molecule has 0 aliphatic carbocycles. The topological polar surface area (TPSA) is 72.0 Å². The van der Waals surface area contributed by atoms with Gasteiger partial charge in [-0.25, -0.2) is 18.4 Å². The van der Waals surface area contributed by atoms with Crippen LogP contribution in [0.5, 0.6) is 0 Å². The molecule has 4 rings (SSSR count). The van der Waals surface area contributed by atoms with Crippen molar-refractivity contribution in [2.45, 2.75) is 18.0 Å². The van der Waals surface area contributed by atoms with E-state index in [-0.39, 0.29) is 5.69 Å². The Morgan fingerprint density at radius 3 is 2.57 bits per heavy atom. The molecule has 0 saturated heterocycles. The molecule has 30 heavy (non-hydrogen) atoms. The van der Waals surface area contributed by atoms with Crippen LogP contribution in [0.3, 0.4) is 0 Å². The molecule has 0 fully saturated rings. The molecule has 0 saturated carbocycles. The standard InChI is InChI=1S/C20H14F3N3O2S2/c1-12-7-8-13(18-25-16-6-3-9-24-19(16)29-18)10-17(12)26-30(27,28)15-5-2-4-14(11-15)20(21,22)23/h2-11,26H,1H3. The molecule has 2 heterocycles. The van der Waals surface area contributed by atoms with Gasteiger partial charge in [0, 0.05) is 11.8 Å². The smallest absolute Gasteiger partial charge is 0.279 e. The molecule has 154 valence electrons. The van der Waals surface area contributed by atoms with Crippen molar-refractivity contribution in [1.82, 2.24) is 9.97 Å². The summed E-state index contributed by atoms with van der Waals surface area (Å²) in [7, 11) is -4.22. The highest BCUT2D eigenvalue weighted by Crippen LogP contribution is 2.33. The summed E-state index contributed by atoms with van der Waals surface area (Å²) in [6.07, 6.45) is -2.98. The van der Waals surface area contributed by atoms with Crippen LogP contribution in [0.2, 0.25) is 0 Å². The molecule has 4 aromatic rings. The van der Waals surface area contributed by atoms with Gasteiger partial charge in [-0.15, -0.1) is 0 Å². The van der Waals surface area contributed by atoms with Gasteiger partial charge in [0.05, 0.1) is 16.1 Å². The number of rotatable bonds is 4. The van der Waals surface area contributed by atoms with Crippen molar-refractivity contribution < 1.29 is 21.6 Å². The van der Waals surface area contributed by atoms with Crippen LogP contribution < -0.4 is 4.72 Å². The van der Waals surface area contributed by atoms with E-state index >= 15 is 0 Å². The number of pyridine rings is 1. The SMILES string of the molecule is Cc1ccc(-c2nc3cccnc3s2)cc1NS(=O)(=O)c1cccc(C(F)(F)F)c1. The predicted octanol–water partition coefficient (Wildman–Crippen LogP) is 5.49. The molecule has 0 radical (unpaired) electrons. The summed E-state index contributed by atoms with van der Waals surface area (Å²) in [6.45, 7) is 1.70. The van der Waals surface area contributed by atoms with Gasteiger partial charge in [0.15, 0.2) is 0 Å². The molecular weight excluding hydrogens is 435 g/mol. The van der Waals surface area contributed by atoms with Crippen molar-refractivity contribution in [3.8, 4) is 10.6 Å². The van der Waals surface area contributed by atoms with Gasteiger partial charge in [-0.1, -0.05) is 29.5 Å². The van der Waals surface area contributed by atoms with Crippen molar-refractivity contribution in [2.24, 2.45) is 0 Å². The molecule has 0 unspecified atom stereocenters. The van der Waals surface area contributed by atoms with Crippen LogP contribution >= 0.6 is 11.3 Å². The number of nitrogens with one attached hydrogen (secondary N) is 1. The van der Waals surface area contributed by atoms with Gasteiger partial charge in [0.2, 0.25) is 0 Å². The summed E-state index contributed by atoms with van der Waals surface area (Å²) in [5.41, 5.74) is 1.25. The molecule has 0 atom stereocenters. The number of nitrogens with zero attached hydrogens (tertiary/aromatic N) is 2. The molecule has 10 heteroatoms. The number of aromatic nitrogens is 2.